The van der Waals surface area contributed by atoms with E-state index in [1.165, 1.54) is 18.4 Å². The van der Waals surface area contributed by atoms with E-state index < -0.39 is 0 Å². The van der Waals surface area contributed by atoms with Crippen LogP contribution in [0.1, 0.15) is 49.5 Å². The number of carbonyl (C=O) groups excluding carboxylic acids is 1. The summed E-state index contributed by atoms with van der Waals surface area (Å²) in [6.07, 6.45) is 3.56. The van der Waals surface area contributed by atoms with Crippen molar-refractivity contribution in [2.24, 2.45) is 11.8 Å². The molecule has 2 nitrogen and oxygen atoms in total. The zero-order valence-corrected chi connectivity index (χ0v) is 13.1. The lowest BCUT2D eigenvalue weighted by Gasteiger charge is -2.31. The van der Waals surface area contributed by atoms with Crippen LogP contribution in [0.15, 0.2) is 24.3 Å². The Morgan fingerprint density at radius 2 is 1.85 bits per heavy atom. The maximum atomic E-state index is 12.5. The summed E-state index contributed by atoms with van der Waals surface area (Å²) in [6, 6.07) is 8.11. The monoisotopic (exact) mass is 273 g/mol. The molecule has 2 rings (SSSR count). The quantitative estimate of drug-likeness (QED) is 0.761. The van der Waals surface area contributed by atoms with Crippen LogP contribution in [0.25, 0.3) is 0 Å². The molecular formula is C18H27NO. The molecule has 0 saturated carbocycles. The van der Waals surface area contributed by atoms with Gasteiger partial charge in [0.15, 0.2) is 5.78 Å². The summed E-state index contributed by atoms with van der Waals surface area (Å²) >= 11 is 0. The summed E-state index contributed by atoms with van der Waals surface area (Å²) in [7, 11) is 0. The van der Waals surface area contributed by atoms with E-state index in [0.29, 0.717) is 0 Å². The molecule has 0 bridgehead atoms. The fourth-order valence-corrected chi connectivity index (χ4v) is 2.90. The van der Waals surface area contributed by atoms with Gasteiger partial charge in [0.05, 0.1) is 0 Å². The fourth-order valence-electron chi connectivity index (χ4n) is 2.90. The molecule has 0 aromatic heterocycles. The SMILES string of the molecule is CCc1ccc(C(=O)C(C)CN2CCC(C)CC2)cc1. The van der Waals surface area contributed by atoms with Gasteiger partial charge in [-0.1, -0.05) is 45.0 Å². The van der Waals surface area contributed by atoms with Crippen molar-refractivity contribution in [3.05, 3.63) is 35.4 Å². The Hall–Kier alpha value is -1.15. The number of hydrogen-bond acceptors (Lipinski definition) is 2. The number of nitrogens with zero attached hydrogens (tertiary/aromatic N) is 1. The van der Waals surface area contributed by atoms with Crippen molar-refractivity contribution >= 4 is 5.78 Å². The maximum Gasteiger partial charge on any atom is 0.166 e. The molecule has 0 spiro atoms. The fraction of sp³-hybridized carbons (Fsp3) is 0.611. The Morgan fingerprint density at radius 1 is 1.25 bits per heavy atom. The summed E-state index contributed by atoms with van der Waals surface area (Å²) in [5, 5.41) is 0. The number of likely N-dealkylation sites (tertiary alicyclic amines) is 1. The zero-order valence-electron chi connectivity index (χ0n) is 13.1. The van der Waals surface area contributed by atoms with Crippen LogP contribution in [-0.4, -0.2) is 30.3 Å². The van der Waals surface area contributed by atoms with E-state index in [4.69, 9.17) is 0 Å². The van der Waals surface area contributed by atoms with E-state index in [0.717, 1.165) is 37.5 Å². The summed E-state index contributed by atoms with van der Waals surface area (Å²) in [6.45, 7) is 9.72. The minimum Gasteiger partial charge on any atom is -0.303 e. The molecule has 1 aliphatic heterocycles. The number of rotatable bonds is 5. The number of benzene rings is 1. The van der Waals surface area contributed by atoms with E-state index in [1.807, 2.05) is 12.1 Å². The van der Waals surface area contributed by atoms with Gasteiger partial charge < -0.3 is 4.90 Å². The van der Waals surface area contributed by atoms with Crippen molar-refractivity contribution in [3.63, 3.8) is 0 Å². The average molecular weight is 273 g/mol. The minimum atomic E-state index is 0.0934. The van der Waals surface area contributed by atoms with E-state index in [1.54, 1.807) is 0 Å². The van der Waals surface area contributed by atoms with E-state index >= 15 is 0 Å². The van der Waals surface area contributed by atoms with Crippen molar-refractivity contribution < 1.29 is 4.79 Å². The maximum absolute atomic E-state index is 12.5. The number of ketones is 1. The summed E-state index contributed by atoms with van der Waals surface area (Å²) < 4.78 is 0. The van der Waals surface area contributed by atoms with Crippen molar-refractivity contribution in [2.45, 2.75) is 40.0 Å². The molecule has 110 valence electrons. The third-order valence-corrected chi connectivity index (χ3v) is 4.50. The number of Topliss-reactive ketones (excluding diaryl/α,β-unsaturated/α-hetero) is 1. The number of aryl methyl sites for hydroxylation is 1. The van der Waals surface area contributed by atoms with E-state index in [2.05, 4.69) is 37.8 Å². The topological polar surface area (TPSA) is 20.3 Å². The molecule has 1 saturated heterocycles. The number of piperidine rings is 1. The zero-order chi connectivity index (χ0) is 14.5. The molecule has 1 aromatic carbocycles. The lowest BCUT2D eigenvalue weighted by molar-refractivity contribution is 0.0873. The van der Waals surface area contributed by atoms with Crippen LogP contribution >= 0.6 is 0 Å². The Bertz CT molecular complexity index is 429. The van der Waals surface area contributed by atoms with E-state index in [-0.39, 0.29) is 11.7 Å². The van der Waals surface area contributed by atoms with Gasteiger partial charge in [0.2, 0.25) is 0 Å². The van der Waals surface area contributed by atoms with Gasteiger partial charge in [0.25, 0.3) is 0 Å². The molecule has 0 amide bonds. The number of hydrogen-bond donors (Lipinski definition) is 0. The molecular weight excluding hydrogens is 246 g/mol. The van der Waals surface area contributed by atoms with Crippen LogP contribution in [0, 0.1) is 11.8 Å². The second-order valence-electron chi connectivity index (χ2n) is 6.30. The van der Waals surface area contributed by atoms with Crippen LogP contribution in [0.5, 0.6) is 0 Å². The first-order valence-corrected chi connectivity index (χ1v) is 7.95. The smallest absolute Gasteiger partial charge is 0.166 e. The highest BCUT2D eigenvalue weighted by atomic mass is 16.1. The molecule has 1 heterocycles. The van der Waals surface area contributed by atoms with Gasteiger partial charge in [-0.2, -0.15) is 0 Å². The Balaban J connectivity index is 1.90. The van der Waals surface area contributed by atoms with Crippen LogP contribution in [0.2, 0.25) is 0 Å². The van der Waals surface area contributed by atoms with Crippen LogP contribution in [0.3, 0.4) is 0 Å². The Labute approximate surface area is 123 Å². The predicted molar refractivity (Wildman–Crippen MR) is 84.2 cm³/mol. The normalized spacial score (nSPS) is 18.9. The largest absolute Gasteiger partial charge is 0.303 e. The van der Waals surface area contributed by atoms with E-state index in [9.17, 15) is 4.79 Å². The van der Waals surface area contributed by atoms with Gasteiger partial charge in [-0.15, -0.1) is 0 Å². The highest BCUT2D eigenvalue weighted by Crippen LogP contribution is 2.18. The highest BCUT2D eigenvalue weighted by molar-refractivity contribution is 5.97. The molecule has 1 aliphatic rings. The van der Waals surface area contributed by atoms with Crippen LogP contribution in [0.4, 0.5) is 0 Å². The molecule has 0 radical (unpaired) electrons. The second kappa shape index (κ2) is 7.03. The first-order valence-electron chi connectivity index (χ1n) is 7.95. The molecule has 0 aliphatic carbocycles. The standard InChI is InChI=1S/C18H27NO/c1-4-16-5-7-17(8-6-16)18(20)15(3)13-19-11-9-14(2)10-12-19/h5-8,14-15H,4,9-13H2,1-3H3. The lowest BCUT2D eigenvalue weighted by atomic mass is 9.95. The van der Waals surface area contributed by atoms with Gasteiger partial charge in [-0.3, -0.25) is 4.79 Å². The first kappa shape index (κ1) is 15.2. The second-order valence-corrected chi connectivity index (χ2v) is 6.30. The number of carbonyl (C=O) groups is 1. The van der Waals surface area contributed by atoms with Crippen molar-refractivity contribution in [1.82, 2.24) is 4.90 Å². The molecule has 1 atom stereocenters. The molecule has 0 N–H and O–H groups in total. The highest BCUT2D eigenvalue weighted by Gasteiger charge is 2.21. The van der Waals surface area contributed by atoms with Gasteiger partial charge in [-0.05, 0) is 43.8 Å². The Morgan fingerprint density at radius 3 is 2.40 bits per heavy atom. The first-order chi connectivity index (χ1) is 9.60. The molecule has 1 aromatic rings. The van der Waals surface area contributed by atoms with Gasteiger partial charge >= 0.3 is 0 Å². The summed E-state index contributed by atoms with van der Waals surface area (Å²) in [5.74, 6) is 1.22. The van der Waals surface area contributed by atoms with Crippen molar-refractivity contribution in [1.29, 1.82) is 0 Å². The summed E-state index contributed by atoms with van der Waals surface area (Å²) in [4.78, 5) is 14.9. The Kier molecular flexibility index (Phi) is 5.36. The van der Waals surface area contributed by atoms with Crippen LogP contribution in [-0.2, 0) is 6.42 Å². The van der Waals surface area contributed by atoms with Crippen LogP contribution < -0.4 is 0 Å². The predicted octanol–water partition coefficient (Wildman–Crippen LogP) is 3.80. The minimum absolute atomic E-state index is 0.0934. The van der Waals surface area contributed by atoms with Gasteiger partial charge in [0.1, 0.15) is 0 Å². The third-order valence-electron chi connectivity index (χ3n) is 4.50. The van der Waals surface area contributed by atoms with Crippen molar-refractivity contribution in [3.8, 4) is 0 Å². The summed E-state index contributed by atoms with van der Waals surface area (Å²) in [5.41, 5.74) is 2.15. The molecule has 1 fully saturated rings. The molecule has 2 heteroatoms. The lowest BCUT2D eigenvalue weighted by Crippen LogP contribution is -2.37. The van der Waals surface area contributed by atoms with Crippen molar-refractivity contribution in [2.75, 3.05) is 19.6 Å². The molecule has 20 heavy (non-hydrogen) atoms. The third kappa shape index (κ3) is 3.92. The molecule has 1 unspecified atom stereocenters. The average Bonchev–Trinajstić information content (AvgIpc) is 2.49. The van der Waals surface area contributed by atoms with Gasteiger partial charge in [0, 0.05) is 18.0 Å². The van der Waals surface area contributed by atoms with Gasteiger partial charge in [-0.25, -0.2) is 0 Å².